The van der Waals surface area contributed by atoms with Crippen molar-refractivity contribution in [3.63, 3.8) is 0 Å². The fourth-order valence-electron chi connectivity index (χ4n) is 3.53. The average Bonchev–Trinajstić information content (AvgIpc) is 3.04. The van der Waals surface area contributed by atoms with Crippen LogP contribution in [0.2, 0.25) is 5.02 Å². The second-order valence-electron chi connectivity index (χ2n) is 6.90. The monoisotopic (exact) mass is 371 g/mol. The molecule has 7 heteroatoms. The lowest BCUT2D eigenvalue weighted by Crippen LogP contribution is -2.43. The van der Waals surface area contributed by atoms with Crippen molar-refractivity contribution in [1.29, 1.82) is 0 Å². The predicted octanol–water partition coefficient (Wildman–Crippen LogP) is 3.68. The average molecular weight is 372 g/mol. The van der Waals surface area contributed by atoms with Crippen LogP contribution in [0.4, 0.5) is 5.95 Å². The Morgan fingerprint density at radius 1 is 1.27 bits per heavy atom. The van der Waals surface area contributed by atoms with Gasteiger partial charge in [-0.15, -0.1) is 0 Å². The lowest BCUT2D eigenvalue weighted by molar-refractivity contribution is 0.195. The van der Waals surface area contributed by atoms with Crippen molar-refractivity contribution in [2.75, 3.05) is 25.0 Å². The zero-order valence-corrected chi connectivity index (χ0v) is 15.8. The molecule has 0 atom stereocenters. The van der Waals surface area contributed by atoms with Crippen molar-refractivity contribution in [1.82, 2.24) is 20.0 Å². The number of fused-ring (bicyclic) bond motifs is 1. The summed E-state index contributed by atoms with van der Waals surface area (Å²) in [4.78, 5) is 13.6. The molecule has 0 saturated carbocycles. The van der Waals surface area contributed by atoms with Crippen molar-refractivity contribution in [3.8, 4) is 0 Å². The lowest BCUT2D eigenvalue weighted by atomic mass is 10.0. The first-order valence-corrected chi connectivity index (χ1v) is 9.26. The van der Waals surface area contributed by atoms with E-state index in [-0.39, 0.29) is 0 Å². The summed E-state index contributed by atoms with van der Waals surface area (Å²) in [5, 5.41) is 5.94. The van der Waals surface area contributed by atoms with Crippen LogP contribution < -0.4 is 4.90 Å². The maximum Gasteiger partial charge on any atom is 0.225 e. The molecule has 0 unspecified atom stereocenters. The minimum atomic E-state index is 0.502. The zero-order chi connectivity index (χ0) is 18.1. The van der Waals surface area contributed by atoms with Crippen molar-refractivity contribution in [2.24, 2.45) is 0 Å². The second-order valence-corrected chi connectivity index (χ2v) is 7.34. The first-order valence-electron chi connectivity index (χ1n) is 8.89. The molecular weight excluding hydrogens is 350 g/mol. The van der Waals surface area contributed by atoms with E-state index >= 15 is 0 Å². The Hall–Kier alpha value is -2.18. The number of hydrogen-bond acceptors (Lipinski definition) is 6. The molecule has 0 aliphatic carbocycles. The molecule has 1 aliphatic rings. The lowest BCUT2D eigenvalue weighted by Gasteiger charge is -2.36. The molecule has 4 rings (SSSR count). The van der Waals surface area contributed by atoms with Crippen LogP contribution in [-0.2, 0) is 6.54 Å². The van der Waals surface area contributed by atoms with E-state index in [1.807, 2.05) is 37.4 Å². The first-order chi connectivity index (χ1) is 12.6. The van der Waals surface area contributed by atoms with Gasteiger partial charge in [0.2, 0.25) is 5.95 Å². The van der Waals surface area contributed by atoms with E-state index in [2.05, 4.69) is 32.0 Å². The Kier molecular flexibility index (Phi) is 4.78. The zero-order valence-electron chi connectivity index (χ0n) is 15.0. The topological polar surface area (TPSA) is 58.3 Å². The van der Waals surface area contributed by atoms with Gasteiger partial charge in [-0.3, -0.25) is 4.90 Å². The third-order valence-electron chi connectivity index (χ3n) is 5.06. The fraction of sp³-hybridized carbons (Fsp3) is 0.421. The van der Waals surface area contributed by atoms with Gasteiger partial charge in [0.25, 0.3) is 0 Å². The predicted molar refractivity (Wildman–Crippen MR) is 102 cm³/mol. The van der Waals surface area contributed by atoms with E-state index in [0.717, 1.165) is 60.8 Å². The van der Waals surface area contributed by atoms with E-state index in [1.165, 1.54) is 0 Å². The summed E-state index contributed by atoms with van der Waals surface area (Å²) in [5.41, 5.74) is 2.73. The summed E-state index contributed by atoms with van der Waals surface area (Å²) in [6, 6.07) is 8.05. The number of aromatic nitrogens is 3. The maximum atomic E-state index is 6.12. The van der Waals surface area contributed by atoms with Crippen molar-refractivity contribution in [2.45, 2.75) is 32.4 Å². The van der Waals surface area contributed by atoms with Crippen molar-refractivity contribution < 1.29 is 4.52 Å². The molecule has 1 aromatic carbocycles. The highest BCUT2D eigenvalue weighted by molar-refractivity contribution is 6.31. The number of piperidine rings is 1. The minimum Gasteiger partial charge on any atom is -0.356 e. The van der Waals surface area contributed by atoms with Gasteiger partial charge in [0.1, 0.15) is 5.69 Å². The summed E-state index contributed by atoms with van der Waals surface area (Å²) >= 11 is 6.12. The molecule has 0 bridgehead atoms. The van der Waals surface area contributed by atoms with Gasteiger partial charge in [-0.25, -0.2) is 9.97 Å². The Bertz CT molecular complexity index is 904. The Morgan fingerprint density at radius 2 is 2.08 bits per heavy atom. The molecule has 0 spiro atoms. The van der Waals surface area contributed by atoms with Gasteiger partial charge in [0.05, 0.1) is 0 Å². The van der Waals surface area contributed by atoms with Gasteiger partial charge in [-0.2, -0.15) is 0 Å². The molecule has 1 fully saturated rings. The molecule has 26 heavy (non-hydrogen) atoms. The number of aryl methyl sites for hydroxylation is 1. The quantitative estimate of drug-likeness (QED) is 0.697. The third-order valence-corrected chi connectivity index (χ3v) is 5.29. The summed E-state index contributed by atoms with van der Waals surface area (Å²) in [5.74, 6) is 0.836. The van der Waals surface area contributed by atoms with Crippen LogP contribution >= 0.6 is 11.6 Å². The number of anilines is 1. The molecule has 3 aromatic rings. The van der Waals surface area contributed by atoms with Crippen LogP contribution in [0.3, 0.4) is 0 Å². The van der Waals surface area contributed by atoms with Crippen molar-refractivity contribution in [3.05, 3.63) is 46.9 Å². The number of benzene rings is 1. The molecule has 1 saturated heterocycles. The van der Waals surface area contributed by atoms with E-state index in [9.17, 15) is 0 Å². The van der Waals surface area contributed by atoms with Gasteiger partial charge < -0.3 is 9.42 Å². The first kappa shape index (κ1) is 17.2. The van der Waals surface area contributed by atoms with E-state index in [4.69, 9.17) is 16.1 Å². The van der Waals surface area contributed by atoms with Gasteiger partial charge in [-0.05, 0) is 51.1 Å². The number of rotatable bonds is 4. The van der Waals surface area contributed by atoms with Gasteiger partial charge in [0.15, 0.2) is 5.58 Å². The van der Waals surface area contributed by atoms with E-state index in [0.29, 0.717) is 11.1 Å². The number of nitrogens with zero attached hydrogens (tertiary/aromatic N) is 5. The molecule has 2 aromatic heterocycles. The van der Waals surface area contributed by atoms with Crippen LogP contribution in [0.5, 0.6) is 0 Å². The molecule has 0 N–H and O–H groups in total. The Labute approximate surface area is 157 Å². The Balaban J connectivity index is 1.40. The molecular formula is C19H22ClN5O. The van der Waals surface area contributed by atoms with Crippen LogP contribution in [0.25, 0.3) is 11.0 Å². The molecule has 3 heterocycles. The van der Waals surface area contributed by atoms with E-state index < -0.39 is 0 Å². The summed E-state index contributed by atoms with van der Waals surface area (Å²) in [7, 11) is 2.15. The molecule has 6 nitrogen and oxygen atoms in total. The molecule has 0 radical (unpaired) electrons. The minimum absolute atomic E-state index is 0.502. The molecule has 1 aliphatic heterocycles. The summed E-state index contributed by atoms with van der Waals surface area (Å²) in [6.07, 6.45) is 3.98. The summed E-state index contributed by atoms with van der Waals surface area (Å²) < 4.78 is 5.42. The smallest absolute Gasteiger partial charge is 0.225 e. The second kappa shape index (κ2) is 7.21. The highest BCUT2D eigenvalue weighted by Crippen LogP contribution is 2.25. The van der Waals surface area contributed by atoms with Crippen LogP contribution in [0.15, 0.2) is 35.0 Å². The van der Waals surface area contributed by atoms with Crippen LogP contribution in [-0.4, -0.2) is 46.2 Å². The molecule has 136 valence electrons. The standard InChI is InChI=1S/C19H22ClN5O/c1-13-5-8-21-19(22-13)25-9-6-15(7-10-25)24(2)12-17-16-11-14(20)3-4-18(16)26-23-17/h3-5,8,11,15H,6-7,9-10,12H2,1-2H3. The third kappa shape index (κ3) is 3.52. The normalized spacial score (nSPS) is 15.9. The highest BCUT2D eigenvalue weighted by Gasteiger charge is 2.25. The SMILES string of the molecule is Cc1ccnc(N2CCC(N(C)Cc3noc4ccc(Cl)cc34)CC2)n1. The number of hydrogen-bond donors (Lipinski definition) is 0. The van der Waals surface area contributed by atoms with Crippen LogP contribution in [0, 0.1) is 6.92 Å². The van der Waals surface area contributed by atoms with Crippen LogP contribution in [0.1, 0.15) is 24.2 Å². The fourth-order valence-corrected chi connectivity index (χ4v) is 3.71. The van der Waals surface area contributed by atoms with Gasteiger partial charge in [0, 0.05) is 48.0 Å². The van der Waals surface area contributed by atoms with E-state index in [1.54, 1.807) is 0 Å². The number of halogens is 1. The Morgan fingerprint density at radius 3 is 2.85 bits per heavy atom. The summed E-state index contributed by atoms with van der Waals surface area (Å²) in [6.45, 7) is 4.67. The molecule has 0 amide bonds. The highest BCUT2D eigenvalue weighted by atomic mass is 35.5. The van der Waals surface area contributed by atoms with Crippen molar-refractivity contribution >= 4 is 28.5 Å². The largest absolute Gasteiger partial charge is 0.356 e. The van der Waals surface area contributed by atoms with Gasteiger partial charge >= 0.3 is 0 Å². The van der Waals surface area contributed by atoms with Gasteiger partial charge in [-0.1, -0.05) is 16.8 Å². The maximum absolute atomic E-state index is 6.12.